The summed E-state index contributed by atoms with van der Waals surface area (Å²) in [6.45, 7) is 3.72. The minimum Gasteiger partial charge on any atom is -0.406 e. The van der Waals surface area contributed by atoms with E-state index in [-0.39, 0.29) is 5.75 Å². The SMILES string of the molecule is C/C(N)=C(/C=Nc1ccc(OC(F)(F)F)cc1)C1CCNCC1. The first-order valence-corrected chi connectivity index (χ1v) is 7.42. The molecule has 1 heterocycles. The third kappa shape index (κ3) is 5.59. The number of nitrogens with two attached hydrogens (primary N) is 1. The number of hydrogen-bond acceptors (Lipinski definition) is 4. The molecule has 0 unspecified atom stereocenters. The van der Waals surface area contributed by atoms with E-state index in [4.69, 9.17) is 5.73 Å². The molecule has 1 aromatic carbocycles. The summed E-state index contributed by atoms with van der Waals surface area (Å²) in [4.78, 5) is 4.32. The number of allylic oxidation sites excluding steroid dienone is 2. The summed E-state index contributed by atoms with van der Waals surface area (Å²) in [6.07, 6.45) is -0.986. The summed E-state index contributed by atoms with van der Waals surface area (Å²) in [5, 5.41) is 3.29. The van der Waals surface area contributed by atoms with Gasteiger partial charge in [0.2, 0.25) is 0 Å². The quantitative estimate of drug-likeness (QED) is 0.832. The molecule has 0 spiro atoms. The summed E-state index contributed by atoms with van der Waals surface area (Å²) in [5.41, 5.74) is 8.20. The minimum absolute atomic E-state index is 0.263. The standard InChI is InChI=1S/C16H20F3N3O/c1-11(20)15(12-6-8-21-9-7-12)10-22-13-2-4-14(5-3-13)23-16(17,18)19/h2-5,10,12,21H,6-9,20H2,1H3/b15-11+,22-10?. The van der Waals surface area contributed by atoms with Crippen LogP contribution in [0, 0.1) is 5.92 Å². The highest BCUT2D eigenvalue weighted by Gasteiger charge is 2.30. The van der Waals surface area contributed by atoms with Gasteiger partial charge in [-0.1, -0.05) is 0 Å². The van der Waals surface area contributed by atoms with Crippen LogP contribution in [0.15, 0.2) is 40.5 Å². The van der Waals surface area contributed by atoms with Gasteiger partial charge in [-0.15, -0.1) is 13.2 Å². The van der Waals surface area contributed by atoms with Gasteiger partial charge in [0.25, 0.3) is 0 Å². The van der Waals surface area contributed by atoms with Crippen molar-refractivity contribution in [2.24, 2.45) is 16.6 Å². The van der Waals surface area contributed by atoms with Gasteiger partial charge in [0.05, 0.1) is 5.69 Å². The van der Waals surface area contributed by atoms with Crippen molar-refractivity contribution in [1.29, 1.82) is 0 Å². The molecular weight excluding hydrogens is 307 g/mol. The molecule has 4 nitrogen and oxygen atoms in total. The maximum atomic E-state index is 12.1. The maximum Gasteiger partial charge on any atom is 0.573 e. The van der Waals surface area contributed by atoms with Crippen LogP contribution in [0.3, 0.4) is 0 Å². The van der Waals surface area contributed by atoms with Gasteiger partial charge in [-0.2, -0.15) is 0 Å². The van der Waals surface area contributed by atoms with Gasteiger partial charge in [0, 0.05) is 11.9 Å². The van der Waals surface area contributed by atoms with Crippen LogP contribution in [-0.4, -0.2) is 25.7 Å². The molecular formula is C16H20F3N3O. The molecule has 0 aromatic heterocycles. The lowest BCUT2D eigenvalue weighted by atomic mass is 9.89. The molecule has 0 amide bonds. The van der Waals surface area contributed by atoms with Crippen LogP contribution in [-0.2, 0) is 0 Å². The van der Waals surface area contributed by atoms with Crippen molar-refractivity contribution >= 4 is 11.9 Å². The van der Waals surface area contributed by atoms with E-state index in [1.807, 2.05) is 6.92 Å². The van der Waals surface area contributed by atoms with Crippen LogP contribution in [0.1, 0.15) is 19.8 Å². The van der Waals surface area contributed by atoms with Crippen LogP contribution in [0.4, 0.5) is 18.9 Å². The molecule has 23 heavy (non-hydrogen) atoms. The van der Waals surface area contributed by atoms with Crippen LogP contribution in [0.2, 0.25) is 0 Å². The Morgan fingerprint density at radius 3 is 2.39 bits per heavy atom. The van der Waals surface area contributed by atoms with Gasteiger partial charge in [0.1, 0.15) is 5.75 Å². The van der Waals surface area contributed by atoms with E-state index in [2.05, 4.69) is 15.0 Å². The molecule has 2 rings (SSSR count). The van der Waals surface area contributed by atoms with Gasteiger partial charge in [-0.3, -0.25) is 4.99 Å². The van der Waals surface area contributed by atoms with E-state index in [9.17, 15) is 13.2 Å². The number of rotatable bonds is 4. The molecule has 1 fully saturated rings. The van der Waals surface area contributed by atoms with E-state index >= 15 is 0 Å². The fourth-order valence-corrected chi connectivity index (χ4v) is 2.54. The second kappa shape index (κ2) is 7.50. The predicted molar refractivity (Wildman–Crippen MR) is 83.8 cm³/mol. The monoisotopic (exact) mass is 327 g/mol. The van der Waals surface area contributed by atoms with Crippen molar-refractivity contribution in [3.05, 3.63) is 35.5 Å². The Morgan fingerprint density at radius 2 is 1.87 bits per heavy atom. The summed E-state index contributed by atoms with van der Waals surface area (Å²) >= 11 is 0. The van der Waals surface area contributed by atoms with E-state index in [0.29, 0.717) is 11.6 Å². The van der Waals surface area contributed by atoms with Crippen molar-refractivity contribution in [1.82, 2.24) is 5.32 Å². The Labute approximate surface area is 133 Å². The first kappa shape index (κ1) is 17.3. The molecule has 126 valence electrons. The van der Waals surface area contributed by atoms with Crippen molar-refractivity contribution in [2.45, 2.75) is 26.1 Å². The van der Waals surface area contributed by atoms with Gasteiger partial charge in [-0.25, -0.2) is 0 Å². The van der Waals surface area contributed by atoms with Gasteiger partial charge >= 0.3 is 6.36 Å². The zero-order chi connectivity index (χ0) is 16.9. The third-order valence-corrected chi connectivity index (χ3v) is 3.66. The molecule has 1 aliphatic rings. The van der Waals surface area contributed by atoms with E-state index < -0.39 is 6.36 Å². The molecule has 0 radical (unpaired) electrons. The number of nitrogens with zero attached hydrogens (tertiary/aromatic N) is 1. The average Bonchev–Trinajstić information content (AvgIpc) is 2.48. The highest BCUT2D eigenvalue weighted by molar-refractivity contribution is 5.82. The largest absolute Gasteiger partial charge is 0.573 e. The number of nitrogens with one attached hydrogen (secondary N) is 1. The van der Waals surface area contributed by atoms with Gasteiger partial charge in [0.15, 0.2) is 0 Å². The number of ether oxygens (including phenoxy) is 1. The number of halogens is 3. The minimum atomic E-state index is -4.69. The smallest absolute Gasteiger partial charge is 0.406 e. The van der Waals surface area contributed by atoms with Crippen LogP contribution in [0.25, 0.3) is 0 Å². The second-order valence-corrected chi connectivity index (χ2v) is 5.46. The Bertz CT molecular complexity index is 569. The van der Waals surface area contributed by atoms with Crippen LogP contribution >= 0.6 is 0 Å². The first-order chi connectivity index (χ1) is 10.8. The summed E-state index contributed by atoms with van der Waals surface area (Å²) in [5.74, 6) is 0.0958. The Morgan fingerprint density at radius 1 is 1.26 bits per heavy atom. The number of alkyl halides is 3. The van der Waals surface area contributed by atoms with Gasteiger partial charge < -0.3 is 15.8 Å². The maximum absolute atomic E-state index is 12.1. The number of aliphatic imine (C=N–C) groups is 1. The fourth-order valence-electron chi connectivity index (χ4n) is 2.54. The van der Waals surface area contributed by atoms with Crippen molar-refractivity contribution in [2.75, 3.05) is 13.1 Å². The topological polar surface area (TPSA) is 59.6 Å². The average molecular weight is 327 g/mol. The lowest BCUT2D eigenvalue weighted by Gasteiger charge is -2.24. The molecule has 1 aromatic rings. The van der Waals surface area contributed by atoms with Crippen LogP contribution < -0.4 is 15.8 Å². The summed E-state index contributed by atoms with van der Waals surface area (Å²) in [7, 11) is 0. The molecule has 0 atom stereocenters. The highest BCUT2D eigenvalue weighted by Crippen LogP contribution is 2.26. The highest BCUT2D eigenvalue weighted by atomic mass is 19.4. The predicted octanol–water partition coefficient (Wildman–Crippen LogP) is 3.52. The number of benzene rings is 1. The first-order valence-electron chi connectivity index (χ1n) is 7.42. The van der Waals surface area contributed by atoms with Crippen molar-refractivity contribution in [3.8, 4) is 5.75 Å². The molecule has 7 heteroatoms. The lowest BCUT2D eigenvalue weighted by molar-refractivity contribution is -0.274. The van der Waals surface area contributed by atoms with E-state index in [1.54, 1.807) is 6.21 Å². The number of piperidine rings is 1. The van der Waals surface area contributed by atoms with E-state index in [1.165, 1.54) is 24.3 Å². The van der Waals surface area contributed by atoms with E-state index in [0.717, 1.165) is 37.2 Å². The molecule has 1 saturated heterocycles. The van der Waals surface area contributed by atoms with Crippen LogP contribution in [0.5, 0.6) is 5.75 Å². The molecule has 0 bridgehead atoms. The summed E-state index contributed by atoms with van der Waals surface area (Å²) in [6, 6.07) is 5.43. The second-order valence-electron chi connectivity index (χ2n) is 5.46. The molecule has 0 saturated carbocycles. The lowest BCUT2D eigenvalue weighted by Crippen LogP contribution is -2.29. The zero-order valence-electron chi connectivity index (χ0n) is 12.9. The summed E-state index contributed by atoms with van der Waals surface area (Å²) < 4.78 is 40.2. The Hall–Kier alpha value is -2.02. The zero-order valence-corrected chi connectivity index (χ0v) is 12.9. The Kier molecular flexibility index (Phi) is 5.65. The number of hydrogen-bond donors (Lipinski definition) is 2. The van der Waals surface area contributed by atoms with Crippen molar-refractivity contribution < 1.29 is 17.9 Å². The third-order valence-electron chi connectivity index (χ3n) is 3.66. The van der Waals surface area contributed by atoms with Crippen molar-refractivity contribution in [3.63, 3.8) is 0 Å². The van der Waals surface area contributed by atoms with Gasteiger partial charge in [-0.05, 0) is 68.6 Å². The molecule has 3 N–H and O–H groups in total. The fraction of sp³-hybridized carbons (Fsp3) is 0.438. The normalized spacial score (nSPS) is 18.1. The Balaban J connectivity index is 2.07. The molecule has 1 aliphatic heterocycles. The molecule has 0 aliphatic carbocycles.